The van der Waals surface area contributed by atoms with Gasteiger partial charge in [0, 0.05) is 40.3 Å². The third kappa shape index (κ3) is 3.80. The number of nitrogens with zero attached hydrogens (tertiary/aromatic N) is 1. The van der Waals surface area contributed by atoms with E-state index in [1.807, 2.05) is 0 Å². The summed E-state index contributed by atoms with van der Waals surface area (Å²) >= 11 is 10.2. The van der Waals surface area contributed by atoms with Crippen molar-refractivity contribution in [2.75, 3.05) is 6.54 Å². The molecular weight excluding hydrogens is 304 g/mol. The molecule has 0 amide bonds. The van der Waals surface area contributed by atoms with Crippen LogP contribution in [-0.4, -0.2) is 22.5 Å². The maximum atomic E-state index is 5.56. The molecule has 0 radical (unpaired) electrons. The lowest BCUT2D eigenvalue weighted by molar-refractivity contribution is 0.265. The first kappa shape index (κ1) is 12.5. The molecule has 1 aliphatic carbocycles. The summed E-state index contributed by atoms with van der Waals surface area (Å²) in [6.45, 7) is 2.03. The lowest BCUT2D eigenvalue weighted by Crippen LogP contribution is -2.28. The Bertz CT molecular complexity index is 374. The van der Waals surface area contributed by atoms with Gasteiger partial charge >= 0.3 is 0 Å². The third-order valence-electron chi connectivity index (χ3n) is 2.69. The molecule has 2 N–H and O–H groups in total. The zero-order valence-electron chi connectivity index (χ0n) is 8.99. The van der Waals surface area contributed by atoms with Crippen molar-refractivity contribution in [2.45, 2.75) is 31.8 Å². The summed E-state index contributed by atoms with van der Waals surface area (Å²) in [4.78, 5) is 4.52. The summed E-state index contributed by atoms with van der Waals surface area (Å²) in [6, 6.07) is 2.95. The highest BCUT2D eigenvalue weighted by Crippen LogP contribution is 2.30. The van der Waals surface area contributed by atoms with Crippen LogP contribution in [0.4, 0.5) is 0 Å². The average Bonchev–Trinajstić information content (AvgIpc) is 2.98. The highest BCUT2D eigenvalue weighted by Gasteiger charge is 2.28. The fraction of sp³-hybridized carbons (Fsp3) is 0.545. The average molecular weight is 319 g/mol. The highest BCUT2D eigenvalue weighted by atomic mass is 79.9. The zero-order valence-corrected chi connectivity index (χ0v) is 12.2. The van der Waals surface area contributed by atoms with Crippen molar-refractivity contribution in [3.63, 3.8) is 0 Å². The second-order valence-electron chi connectivity index (χ2n) is 4.15. The Kier molecular flexibility index (Phi) is 4.35. The number of rotatable bonds is 6. The standard InChI is InChI=1S/C11H15BrN2S2/c12-8-5-10(16-7-8)6-14(9-1-2-9)4-3-11(13)15/h5,7,9H,1-4,6H2,(H2,13,15). The van der Waals surface area contributed by atoms with E-state index in [9.17, 15) is 0 Å². The number of nitrogens with two attached hydrogens (primary N) is 1. The minimum absolute atomic E-state index is 0.623. The first-order chi connectivity index (χ1) is 7.65. The Balaban J connectivity index is 1.89. The summed E-state index contributed by atoms with van der Waals surface area (Å²) in [5.41, 5.74) is 5.56. The molecule has 5 heteroatoms. The van der Waals surface area contributed by atoms with E-state index in [2.05, 4.69) is 32.3 Å². The van der Waals surface area contributed by atoms with Crippen molar-refractivity contribution in [3.05, 3.63) is 20.8 Å². The number of halogens is 1. The van der Waals surface area contributed by atoms with E-state index in [0.717, 1.165) is 25.6 Å². The quantitative estimate of drug-likeness (QED) is 0.817. The van der Waals surface area contributed by atoms with Crippen LogP contribution in [0.15, 0.2) is 15.9 Å². The van der Waals surface area contributed by atoms with Gasteiger partial charge in [-0.25, -0.2) is 0 Å². The molecule has 88 valence electrons. The fourth-order valence-electron chi connectivity index (χ4n) is 1.72. The van der Waals surface area contributed by atoms with Crippen LogP contribution >= 0.6 is 39.5 Å². The van der Waals surface area contributed by atoms with Gasteiger partial charge in [0.2, 0.25) is 0 Å². The van der Waals surface area contributed by atoms with E-state index in [0.29, 0.717) is 4.99 Å². The monoisotopic (exact) mass is 318 g/mol. The molecule has 0 spiro atoms. The molecule has 0 aliphatic heterocycles. The molecule has 1 saturated carbocycles. The largest absolute Gasteiger partial charge is 0.393 e. The molecule has 0 atom stereocenters. The van der Waals surface area contributed by atoms with Crippen LogP contribution in [0.25, 0.3) is 0 Å². The minimum atomic E-state index is 0.623. The number of thiocarbonyl (C=S) groups is 1. The lowest BCUT2D eigenvalue weighted by atomic mass is 10.3. The Morgan fingerprint density at radius 1 is 1.62 bits per heavy atom. The smallest absolute Gasteiger partial charge is 0.0740 e. The third-order valence-corrected chi connectivity index (χ3v) is 4.58. The Labute approximate surface area is 114 Å². The van der Waals surface area contributed by atoms with E-state index in [4.69, 9.17) is 18.0 Å². The van der Waals surface area contributed by atoms with E-state index in [1.54, 1.807) is 11.3 Å². The minimum Gasteiger partial charge on any atom is -0.393 e. The maximum absolute atomic E-state index is 5.56. The predicted octanol–water partition coefficient (Wildman–Crippen LogP) is 3.15. The van der Waals surface area contributed by atoms with E-state index >= 15 is 0 Å². The van der Waals surface area contributed by atoms with Gasteiger partial charge in [0.25, 0.3) is 0 Å². The molecule has 2 nitrogen and oxygen atoms in total. The zero-order chi connectivity index (χ0) is 11.5. The Hall–Kier alpha value is 0.0300. The van der Waals surface area contributed by atoms with E-state index in [1.165, 1.54) is 22.2 Å². The highest BCUT2D eigenvalue weighted by molar-refractivity contribution is 9.10. The van der Waals surface area contributed by atoms with Gasteiger partial charge < -0.3 is 5.73 Å². The molecule has 16 heavy (non-hydrogen) atoms. The summed E-state index contributed by atoms with van der Waals surface area (Å²) in [6.07, 6.45) is 3.48. The second kappa shape index (κ2) is 5.58. The van der Waals surface area contributed by atoms with Gasteiger partial charge in [0.15, 0.2) is 0 Å². The SMILES string of the molecule is NC(=S)CCN(Cc1cc(Br)cs1)C1CC1. The number of hydrogen-bond donors (Lipinski definition) is 1. The number of hydrogen-bond acceptors (Lipinski definition) is 3. The van der Waals surface area contributed by atoms with Crippen LogP contribution in [0.2, 0.25) is 0 Å². The first-order valence-electron chi connectivity index (χ1n) is 5.40. The van der Waals surface area contributed by atoms with Gasteiger partial charge in [-0.05, 0) is 34.8 Å². The lowest BCUT2D eigenvalue weighted by Gasteiger charge is -2.20. The van der Waals surface area contributed by atoms with Crippen molar-refractivity contribution < 1.29 is 0 Å². The molecule has 0 unspecified atom stereocenters. The van der Waals surface area contributed by atoms with Crippen LogP contribution in [-0.2, 0) is 6.54 Å². The van der Waals surface area contributed by atoms with Crippen LogP contribution < -0.4 is 5.73 Å². The molecule has 2 rings (SSSR count). The van der Waals surface area contributed by atoms with Crippen molar-refractivity contribution in [3.8, 4) is 0 Å². The summed E-state index contributed by atoms with van der Waals surface area (Å²) < 4.78 is 1.18. The predicted molar refractivity (Wildman–Crippen MR) is 76.9 cm³/mol. The van der Waals surface area contributed by atoms with Crippen molar-refractivity contribution >= 4 is 44.5 Å². The Morgan fingerprint density at radius 3 is 2.88 bits per heavy atom. The van der Waals surface area contributed by atoms with Gasteiger partial charge in [-0.3, -0.25) is 4.90 Å². The van der Waals surface area contributed by atoms with E-state index in [-0.39, 0.29) is 0 Å². The van der Waals surface area contributed by atoms with Gasteiger partial charge in [-0.2, -0.15) is 0 Å². The summed E-state index contributed by atoms with van der Waals surface area (Å²) in [5.74, 6) is 0. The molecule has 1 heterocycles. The van der Waals surface area contributed by atoms with E-state index < -0.39 is 0 Å². The summed E-state index contributed by atoms with van der Waals surface area (Å²) in [5, 5.41) is 2.13. The molecule has 0 bridgehead atoms. The molecule has 0 saturated heterocycles. The molecular formula is C11H15BrN2S2. The van der Waals surface area contributed by atoms with Crippen LogP contribution in [0.1, 0.15) is 24.1 Å². The second-order valence-corrected chi connectivity index (χ2v) is 6.59. The van der Waals surface area contributed by atoms with Crippen molar-refractivity contribution in [1.29, 1.82) is 0 Å². The van der Waals surface area contributed by atoms with Crippen LogP contribution in [0.3, 0.4) is 0 Å². The summed E-state index contributed by atoms with van der Waals surface area (Å²) in [7, 11) is 0. The molecule has 1 aliphatic rings. The van der Waals surface area contributed by atoms with Gasteiger partial charge in [0.05, 0.1) is 4.99 Å². The van der Waals surface area contributed by atoms with Crippen LogP contribution in [0.5, 0.6) is 0 Å². The van der Waals surface area contributed by atoms with Crippen LogP contribution in [0, 0.1) is 0 Å². The van der Waals surface area contributed by atoms with Crippen molar-refractivity contribution in [1.82, 2.24) is 4.90 Å². The molecule has 1 aromatic rings. The maximum Gasteiger partial charge on any atom is 0.0740 e. The number of thiophene rings is 1. The van der Waals surface area contributed by atoms with Gasteiger partial charge in [-0.1, -0.05) is 12.2 Å². The first-order valence-corrected chi connectivity index (χ1v) is 7.48. The molecule has 0 aromatic carbocycles. The topological polar surface area (TPSA) is 29.3 Å². The normalized spacial score (nSPS) is 15.6. The van der Waals surface area contributed by atoms with Crippen molar-refractivity contribution in [2.24, 2.45) is 5.73 Å². The Morgan fingerprint density at radius 2 is 2.38 bits per heavy atom. The van der Waals surface area contributed by atoms with Gasteiger partial charge in [0.1, 0.15) is 0 Å². The fourth-order valence-corrected chi connectivity index (χ4v) is 3.29. The van der Waals surface area contributed by atoms with Gasteiger partial charge in [-0.15, -0.1) is 11.3 Å². The molecule has 1 fully saturated rings. The molecule has 1 aromatic heterocycles.